The molecule has 2 rings (SSSR count). The third-order valence-electron chi connectivity index (χ3n) is 4.13. The molecule has 0 amide bonds. The van der Waals surface area contributed by atoms with Crippen LogP contribution in [0.25, 0.3) is 0 Å². The van der Waals surface area contributed by atoms with Crippen LogP contribution in [0.1, 0.15) is 31.7 Å². The quantitative estimate of drug-likeness (QED) is 0.775. The zero-order valence-electron chi connectivity index (χ0n) is 12.9. The molecular formula is C17H28N2O. The second-order valence-electron chi connectivity index (χ2n) is 5.79. The summed E-state index contributed by atoms with van der Waals surface area (Å²) in [4.78, 5) is 2.43. The lowest BCUT2D eigenvalue weighted by Crippen LogP contribution is -2.31. The summed E-state index contributed by atoms with van der Waals surface area (Å²) in [5.41, 5.74) is 1.33. The molecule has 1 N–H and O–H groups in total. The Morgan fingerprint density at radius 2 is 1.90 bits per heavy atom. The molecule has 0 unspecified atom stereocenters. The number of nitrogens with zero attached hydrogens (tertiary/aromatic N) is 1. The summed E-state index contributed by atoms with van der Waals surface area (Å²) in [5, 5.41) is 3.56. The predicted octanol–water partition coefficient (Wildman–Crippen LogP) is 2.91. The molecule has 1 aliphatic rings. The number of likely N-dealkylation sites (tertiary alicyclic amines) is 1. The van der Waals surface area contributed by atoms with Crippen molar-refractivity contribution >= 4 is 0 Å². The maximum Gasteiger partial charge on any atom is 0.119 e. The highest BCUT2D eigenvalue weighted by Gasteiger charge is 2.15. The predicted molar refractivity (Wildman–Crippen MR) is 84.2 cm³/mol. The molecule has 0 aliphatic carbocycles. The Kier molecular flexibility index (Phi) is 6.34. The van der Waals surface area contributed by atoms with Gasteiger partial charge < -0.3 is 15.0 Å². The van der Waals surface area contributed by atoms with E-state index in [0.717, 1.165) is 31.4 Å². The molecule has 0 spiro atoms. The van der Waals surface area contributed by atoms with Crippen LogP contribution in [0.4, 0.5) is 0 Å². The Morgan fingerprint density at radius 3 is 2.55 bits per heavy atom. The first-order chi connectivity index (χ1) is 9.78. The van der Waals surface area contributed by atoms with Crippen LogP contribution in [0.15, 0.2) is 24.3 Å². The van der Waals surface area contributed by atoms with E-state index in [1.165, 1.54) is 37.9 Å². The topological polar surface area (TPSA) is 24.5 Å². The molecule has 0 saturated carbocycles. The summed E-state index contributed by atoms with van der Waals surface area (Å²) in [6.45, 7) is 7.36. The second kappa shape index (κ2) is 8.28. The second-order valence-corrected chi connectivity index (χ2v) is 5.79. The fourth-order valence-electron chi connectivity index (χ4n) is 2.76. The fraction of sp³-hybridized carbons (Fsp3) is 0.647. The van der Waals surface area contributed by atoms with E-state index in [0.29, 0.717) is 0 Å². The fourth-order valence-corrected chi connectivity index (χ4v) is 2.76. The molecule has 0 radical (unpaired) electrons. The molecule has 3 nitrogen and oxygen atoms in total. The van der Waals surface area contributed by atoms with E-state index in [1.54, 1.807) is 0 Å². The maximum atomic E-state index is 5.45. The van der Waals surface area contributed by atoms with E-state index >= 15 is 0 Å². The van der Waals surface area contributed by atoms with E-state index in [4.69, 9.17) is 4.74 Å². The van der Waals surface area contributed by atoms with Gasteiger partial charge in [-0.25, -0.2) is 0 Å². The van der Waals surface area contributed by atoms with Gasteiger partial charge in [0.05, 0.1) is 6.61 Å². The Bertz CT molecular complexity index is 369. The smallest absolute Gasteiger partial charge is 0.119 e. The summed E-state index contributed by atoms with van der Waals surface area (Å²) in [6, 6.07) is 8.40. The van der Waals surface area contributed by atoms with Crippen molar-refractivity contribution in [3.63, 3.8) is 0 Å². The Balaban J connectivity index is 1.60. The van der Waals surface area contributed by atoms with E-state index in [9.17, 15) is 0 Å². The van der Waals surface area contributed by atoms with Crippen LogP contribution in [0.2, 0.25) is 0 Å². The number of piperidine rings is 1. The van der Waals surface area contributed by atoms with Crippen molar-refractivity contribution in [2.75, 3.05) is 33.3 Å². The molecular weight excluding hydrogens is 248 g/mol. The number of ether oxygens (including phenoxy) is 1. The van der Waals surface area contributed by atoms with Crippen LogP contribution in [0.5, 0.6) is 5.75 Å². The Hall–Kier alpha value is -1.06. The van der Waals surface area contributed by atoms with Crippen LogP contribution in [-0.4, -0.2) is 38.2 Å². The highest BCUT2D eigenvalue weighted by atomic mass is 16.5. The summed E-state index contributed by atoms with van der Waals surface area (Å²) in [7, 11) is 2.22. The Labute approximate surface area is 123 Å². The van der Waals surface area contributed by atoms with E-state index < -0.39 is 0 Å². The lowest BCUT2D eigenvalue weighted by molar-refractivity contribution is 0.211. The molecule has 1 heterocycles. The zero-order chi connectivity index (χ0) is 14.2. The standard InChI is InChI=1S/C17H28N2O/c1-3-20-17-6-4-16(5-7-17)14-18-11-8-15-9-12-19(2)13-10-15/h4-7,15,18H,3,8-14H2,1-2H3. The molecule has 112 valence electrons. The molecule has 0 bridgehead atoms. The highest BCUT2D eigenvalue weighted by molar-refractivity contribution is 5.27. The first-order valence-electron chi connectivity index (χ1n) is 7.89. The molecule has 1 saturated heterocycles. The first-order valence-corrected chi connectivity index (χ1v) is 7.89. The number of hydrogen-bond donors (Lipinski definition) is 1. The van der Waals surface area contributed by atoms with Gasteiger partial charge in [-0.2, -0.15) is 0 Å². The molecule has 1 aliphatic heterocycles. The molecule has 0 atom stereocenters. The minimum Gasteiger partial charge on any atom is -0.494 e. The van der Waals surface area contributed by atoms with Crippen molar-refractivity contribution in [3.05, 3.63) is 29.8 Å². The molecule has 20 heavy (non-hydrogen) atoms. The normalized spacial score (nSPS) is 17.3. The van der Waals surface area contributed by atoms with Gasteiger partial charge in [0, 0.05) is 6.54 Å². The van der Waals surface area contributed by atoms with Gasteiger partial charge in [-0.15, -0.1) is 0 Å². The molecule has 0 aromatic heterocycles. The monoisotopic (exact) mass is 276 g/mol. The van der Waals surface area contributed by atoms with Gasteiger partial charge in [-0.05, 0) is 76.5 Å². The minimum atomic E-state index is 0.730. The van der Waals surface area contributed by atoms with Crippen molar-refractivity contribution in [2.24, 2.45) is 5.92 Å². The lowest BCUT2D eigenvalue weighted by atomic mass is 9.94. The van der Waals surface area contributed by atoms with Gasteiger partial charge in [-0.3, -0.25) is 0 Å². The summed E-state index contributed by atoms with van der Waals surface area (Å²) in [6.07, 6.45) is 4.04. The molecule has 1 aromatic rings. The van der Waals surface area contributed by atoms with Gasteiger partial charge >= 0.3 is 0 Å². The number of rotatable bonds is 7. The van der Waals surface area contributed by atoms with Crippen molar-refractivity contribution in [1.82, 2.24) is 10.2 Å². The van der Waals surface area contributed by atoms with E-state index in [-0.39, 0.29) is 0 Å². The molecule has 1 fully saturated rings. The van der Waals surface area contributed by atoms with Crippen LogP contribution < -0.4 is 10.1 Å². The average molecular weight is 276 g/mol. The van der Waals surface area contributed by atoms with Gasteiger partial charge in [0.1, 0.15) is 5.75 Å². The summed E-state index contributed by atoms with van der Waals surface area (Å²) < 4.78 is 5.45. The van der Waals surface area contributed by atoms with Crippen LogP contribution >= 0.6 is 0 Å². The zero-order valence-corrected chi connectivity index (χ0v) is 12.9. The molecule has 1 aromatic carbocycles. The Morgan fingerprint density at radius 1 is 1.20 bits per heavy atom. The largest absolute Gasteiger partial charge is 0.494 e. The average Bonchev–Trinajstić information content (AvgIpc) is 2.47. The van der Waals surface area contributed by atoms with Gasteiger partial charge in [0.25, 0.3) is 0 Å². The minimum absolute atomic E-state index is 0.730. The van der Waals surface area contributed by atoms with Crippen LogP contribution in [0.3, 0.4) is 0 Å². The third kappa shape index (κ3) is 5.14. The van der Waals surface area contributed by atoms with Crippen LogP contribution in [0, 0.1) is 5.92 Å². The van der Waals surface area contributed by atoms with Crippen LogP contribution in [-0.2, 0) is 6.54 Å². The lowest BCUT2D eigenvalue weighted by Gasteiger charge is -2.28. The number of hydrogen-bond acceptors (Lipinski definition) is 3. The van der Waals surface area contributed by atoms with Crippen molar-refractivity contribution in [2.45, 2.75) is 32.7 Å². The maximum absolute atomic E-state index is 5.45. The van der Waals surface area contributed by atoms with E-state index in [1.807, 2.05) is 6.92 Å². The summed E-state index contributed by atoms with van der Waals surface area (Å²) >= 11 is 0. The SMILES string of the molecule is CCOc1ccc(CNCCC2CCN(C)CC2)cc1. The number of nitrogens with one attached hydrogen (secondary N) is 1. The number of benzene rings is 1. The highest BCUT2D eigenvalue weighted by Crippen LogP contribution is 2.18. The molecule has 3 heteroatoms. The van der Waals surface area contributed by atoms with Crippen molar-refractivity contribution < 1.29 is 4.74 Å². The van der Waals surface area contributed by atoms with Gasteiger partial charge in [0.15, 0.2) is 0 Å². The van der Waals surface area contributed by atoms with Gasteiger partial charge in [0.2, 0.25) is 0 Å². The van der Waals surface area contributed by atoms with E-state index in [2.05, 4.69) is 41.5 Å². The summed E-state index contributed by atoms with van der Waals surface area (Å²) in [5.74, 6) is 1.88. The van der Waals surface area contributed by atoms with Crippen molar-refractivity contribution in [1.29, 1.82) is 0 Å². The third-order valence-corrected chi connectivity index (χ3v) is 4.13. The van der Waals surface area contributed by atoms with Crippen molar-refractivity contribution in [3.8, 4) is 5.75 Å². The first kappa shape index (κ1) is 15.3. The van der Waals surface area contributed by atoms with Gasteiger partial charge in [-0.1, -0.05) is 12.1 Å².